The molecule has 1 heterocycles. The third kappa shape index (κ3) is 2.57. The van der Waals surface area contributed by atoms with E-state index in [9.17, 15) is 9.59 Å². The van der Waals surface area contributed by atoms with Gasteiger partial charge in [0.25, 0.3) is 11.8 Å². The predicted molar refractivity (Wildman–Crippen MR) is 69.2 cm³/mol. The lowest BCUT2D eigenvalue weighted by Crippen LogP contribution is -2.18. The van der Waals surface area contributed by atoms with E-state index in [1.165, 1.54) is 0 Å². The molecule has 0 aliphatic rings. The van der Waals surface area contributed by atoms with Gasteiger partial charge in [-0.2, -0.15) is 0 Å². The third-order valence-corrected chi connectivity index (χ3v) is 2.56. The van der Waals surface area contributed by atoms with Gasteiger partial charge >= 0.3 is 0 Å². The van der Waals surface area contributed by atoms with Crippen LogP contribution in [0.1, 0.15) is 20.8 Å². The number of aromatic amines is 1. The van der Waals surface area contributed by atoms with E-state index in [-0.39, 0.29) is 17.4 Å². The molecule has 0 aliphatic heterocycles. The zero-order valence-electron chi connectivity index (χ0n) is 9.11. The molecule has 2 rings (SSSR count). The molecule has 4 N–H and O–H groups in total. The molecule has 1 aromatic carbocycles. The third-order valence-electron chi connectivity index (χ3n) is 2.19. The fourth-order valence-electron chi connectivity index (χ4n) is 1.38. The van der Waals surface area contributed by atoms with Gasteiger partial charge < -0.3 is 16.0 Å². The van der Waals surface area contributed by atoms with Crippen LogP contribution in [0.25, 0.3) is 0 Å². The molecule has 0 saturated carbocycles. The Labute approximate surface area is 111 Å². The van der Waals surface area contributed by atoms with Crippen LogP contribution in [-0.2, 0) is 0 Å². The number of nitrogens with two attached hydrogens (primary N) is 1. The first kappa shape index (κ1) is 12.3. The first-order valence-corrected chi connectivity index (χ1v) is 5.79. The molecule has 0 atom stereocenters. The summed E-state index contributed by atoms with van der Waals surface area (Å²) < 4.78 is 0.319. The topological polar surface area (TPSA) is 101 Å². The Hall–Kier alpha value is -2.15. The lowest BCUT2D eigenvalue weighted by atomic mass is 10.2. The van der Waals surface area contributed by atoms with E-state index < -0.39 is 5.91 Å². The molecule has 0 aliphatic carbocycles. The van der Waals surface area contributed by atoms with Crippen LogP contribution in [0.15, 0.2) is 35.1 Å². The van der Waals surface area contributed by atoms with E-state index in [4.69, 9.17) is 5.73 Å². The summed E-state index contributed by atoms with van der Waals surface area (Å²) in [4.78, 5) is 29.5. The van der Waals surface area contributed by atoms with Crippen molar-refractivity contribution in [2.24, 2.45) is 5.73 Å². The number of halogens is 1. The minimum absolute atomic E-state index is 0.0474. The molecule has 2 amide bonds. The van der Waals surface area contributed by atoms with Gasteiger partial charge in [-0.15, -0.1) is 0 Å². The average Bonchev–Trinajstić information content (AvgIpc) is 2.71. The molecule has 18 heavy (non-hydrogen) atoms. The standard InChI is InChI=1S/C11H9BrN4O2/c12-11-14-7(8(13)17)9(16-11)15-10(18)6-4-2-1-3-5-6/h1-5H,(H2,13,17)(H,14,16)(H,15,18). The van der Waals surface area contributed by atoms with Crippen molar-refractivity contribution in [2.75, 3.05) is 5.32 Å². The summed E-state index contributed by atoms with van der Waals surface area (Å²) in [7, 11) is 0. The van der Waals surface area contributed by atoms with E-state index in [1.807, 2.05) is 0 Å². The highest BCUT2D eigenvalue weighted by Crippen LogP contribution is 2.16. The monoisotopic (exact) mass is 308 g/mol. The maximum atomic E-state index is 11.9. The highest BCUT2D eigenvalue weighted by atomic mass is 79.9. The Balaban J connectivity index is 2.25. The molecule has 0 fully saturated rings. The van der Waals surface area contributed by atoms with Gasteiger partial charge in [-0.25, -0.2) is 4.98 Å². The Kier molecular flexibility index (Phi) is 3.42. The van der Waals surface area contributed by atoms with Gasteiger partial charge in [-0.1, -0.05) is 18.2 Å². The molecule has 0 radical (unpaired) electrons. The fourth-order valence-corrected chi connectivity index (χ4v) is 1.76. The maximum absolute atomic E-state index is 11.9. The van der Waals surface area contributed by atoms with Gasteiger partial charge in [-0.3, -0.25) is 9.59 Å². The highest BCUT2D eigenvalue weighted by Gasteiger charge is 2.16. The zero-order valence-corrected chi connectivity index (χ0v) is 10.7. The molecule has 6 nitrogen and oxygen atoms in total. The summed E-state index contributed by atoms with van der Waals surface area (Å²) in [6.07, 6.45) is 0. The average molecular weight is 309 g/mol. The SMILES string of the molecule is NC(=O)c1[nH]c(Br)nc1NC(=O)c1ccccc1. The first-order chi connectivity index (χ1) is 8.58. The number of amides is 2. The van der Waals surface area contributed by atoms with Crippen molar-refractivity contribution in [3.63, 3.8) is 0 Å². The van der Waals surface area contributed by atoms with Crippen molar-refractivity contribution in [2.45, 2.75) is 0 Å². The van der Waals surface area contributed by atoms with Gasteiger partial charge in [0.05, 0.1) is 0 Å². The number of benzene rings is 1. The van der Waals surface area contributed by atoms with Crippen molar-refractivity contribution < 1.29 is 9.59 Å². The number of carbonyl (C=O) groups excluding carboxylic acids is 2. The Morgan fingerprint density at radius 1 is 1.28 bits per heavy atom. The molecule has 7 heteroatoms. The van der Waals surface area contributed by atoms with E-state index in [0.29, 0.717) is 10.3 Å². The molecular formula is C11H9BrN4O2. The van der Waals surface area contributed by atoms with Crippen molar-refractivity contribution >= 4 is 33.6 Å². The fraction of sp³-hybridized carbons (Fsp3) is 0. The summed E-state index contributed by atoms with van der Waals surface area (Å²) in [5, 5.41) is 2.52. The number of anilines is 1. The van der Waals surface area contributed by atoms with Crippen LogP contribution in [-0.4, -0.2) is 21.8 Å². The van der Waals surface area contributed by atoms with E-state index in [1.54, 1.807) is 30.3 Å². The van der Waals surface area contributed by atoms with Crippen LogP contribution in [0.3, 0.4) is 0 Å². The van der Waals surface area contributed by atoms with Crippen LogP contribution in [0.2, 0.25) is 0 Å². The van der Waals surface area contributed by atoms with Gasteiger partial charge in [-0.05, 0) is 28.1 Å². The first-order valence-electron chi connectivity index (χ1n) is 4.99. The summed E-state index contributed by atoms with van der Waals surface area (Å²) in [6, 6.07) is 8.59. The van der Waals surface area contributed by atoms with Gasteiger partial charge in [0.1, 0.15) is 5.69 Å². The van der Waals surface area contributed by atoms with Crippen LogP contribution in [0.4, 0.5) is 5.82 Å². The molecule has 0 unspecified atom stereocenters. The van der Waals surface area contributed by atoms with Crippen LogP contribution >= 0.6 is 15.9 Å². The Morgan fingerprint density at radius 2 is 1.94 bits per heavy atom. The second kappa shape index (κ2) is 5.01. The molecule has 0 bridgehead atoms. The zero-order chi connectivity index (χ0) is 13.1. The minimum Gasteiger partial charge on any atom is -0.364 e. The number of hydrogen-bond donors (Lipinski definition) is 3. The molecule has 0 saturated heterocycles. The number of hydrogen-bond acceptors (Lipinski definition) is 3. The smallest absolute Gasteiger partial charge is 0.269 e. The molecule has 2 aromatic rings. The van der Waals surface area contributed by atoms with Crippen molar-refractivity contribution in [3.8, 4) is 0 Å². The number of nitrogens with one attached hydrogen (secondary N) is 2. The Bertz CT molecular complexity index is 594. The molecule has 1 aromatic heterocycles. The summed E-state index contributed by atoms with van der Waals surface area (Å²) in [6.45, 7) is 0. The van der Waals surface area contributed by atoms with Gasteiger partial charge in [0.2, 0.25) is 0 Å². The van der Waals surface area contributed by atoms with Crippen LogP contribution in [0.5, 0.6) is 0 Å². The number of H-pyrrole nitrogens is 1. The van der Waals surface area contributed by atoms with Crippen LogP contribution < -0.4 is 11.1 Å². The number of primary amides is 1. The number of carbonyl (C=O) groups is 2. The molecular weight excluding hydrogens is 300 g/mol. The Morgan fingerprint density at radius 3 is 2.56 bits per heavy atom. The summed E-state index contributed by atoms with van der Waals surface area (Å²) in [5.74, 6) is -0.961. The van der Waals surface area contributed by atoms with E-state index in [0.717, 1.165) is 0 Å². The highest BCUT2D eigenvalue weighted by molar-refractivity contribution is 9.10. The van der Waals surface area contributed by atoms with Crippen molar-refractivity contribution in [1.82, 2.24) is 9.97 Å². The largest absolute Gasteiger partial charge is 0.364 e. The number of imidazole rings is 1. The van der Waals surface area contributed by atoms with E-state index in [2.05, 4.69) is 31.2 Å². The van der Waals surface area contributed by atoms with Crippen LogP contribution in [0, 0.1) is 0 Å². The second-order valence-corrected chi connectivity index (χ2v) is 4.19. The lowest BCUT2D eigenvalue weighted by molar-refractivity contribution is 0.0997. The molecule has 0 spiro atoms. The lowest BCUT2D eigenvalue weighted by Gasteiger charge is -2.02. The van der Waals surface area contributed by atoms with Crippen molar-refractivity contribution in [1.29, 1.82) is 0 Å². The summed E-state index contributed by atoms with van der Waals surface area (Å²) in [5.41, 5.74) is 5.67. The van der Waals surface area contributed by atoms with E-state index >= 15 is 0 Å². The van der Waals surface area contributed by atoms with Crippen molar-refractivity contribution in [3.05, 3.63) is 46.3 Å². The quantitative estimate of drug-likeness (QED) is 0.801. The number of aromatic nitrogens is 2. The second-order valence-electron chi connectivity index (χ2n) is 3.44. The minimum atomic E-state index is -0.698. The molecule has 92 valence electrons. The normalized spacial score (nSPS) is 10.1. The number of rotatable bonds is 3. The van der Waals surface area contributed by atoms with Gasteiger partial charge in [0, 0.05) is 5.56 Å². The predicted octanol–water partition coefficient (Wildman–Crippen LogP) is 1.52. The number of nitrogens with zero attached hydrogens (tertiary/aromatic N) is 1. The summed E-state index contributed by atoms with van der Waals surface area (Å²) >= 11 is 3.07. The van der Waals surface area contributed by atoms with Gasteiger partial charge in [0.15, 0.2) is 10.6 Å². The maximum Gasteiger partial charge on any atom is 0.269 e.